The Balaban J connectivity index is 0.000000360. The first-order valence-corrected chi connectivity index (χ1v) is 8.75. The topological polar surface area (TPSA) is 142 Å². The monoisotopic (exact) mass is 454 g/mol. The summed E-state index contributed by atoms with van der Waals surface area (Å²) in [4.78, 5) is 21.6. The number of alkyl halides is 3. The molecule has 0 bridgehead atoms. The molecular weight excluding hydrogens is 440 g/mol. The molecule has 3 heterocycles. The smallest absolute Gasteiger partial charge is 0.475 e. The molecule has 0 aliphatic rings. The van der Waals surface area contributed by atoms with Gasteiger partial charge in [-0.15, -0.1) is 5.10 Å². The second-order valence-corrected chi connectivity index (χ2v) is 6.29. The number of hydrogen-bond acceptors (Lipinski definition) is 7. The van der Waals surface area contributed by atoms with Gasteiger partial charge in [0.1, 0.15) is 11.0 Å². The lowest BCUT2D eigenvalue weighted by atomic mass is 10.1. The van der Waals surface area contributed by atoms with E-state index < -0.39 is 12.1 Å². The Hall–Kier alpha value is -4.07. The normalized spacial score (nSPS) is 12.1. The summed E-state index contributed by atoms with van der Waals surface area (Å²) in [5, 5.41) is 19.0. The molecule has 32 heavy (non-hydrogen) atoms. The van der Waals surface area contributed by atoms with Crippen LogP contribution in [0.15, 0.2) is 57.7 Å². The molecule has 3 aromatic heterocycles. The molecule has 0 unspecified atom stereocenters. The van der Waals surface area contributed by atoms with Gasteiger partial charge in [-0.05, 0) is 40.2 Å². The summed E-state index contributed by atoms with van der Waals surface area (Å²) in [6, 6.07) is 10.6. The minimum absolute atomic E-state index is 0.000799. The van der Waals surface area contributed by atoms with E-state index in [4.69, 9.17) is 20.3 Å². The highest BCUT2D eigenvalue weighted by atomic mass is 19.4. The van der Waals surface area contributed by atoms with Crippen molar-refractivity contribution in [2.24, 2.45) is 5.73 Å². The van der Waals surface area contributed by atoms with Crippen LogP contribution in [0.1, 0.15) is 0 Å². The fourth-order valence-corrected chi connectivity index (χ4v) is 2.66. The van der Waals surface area contributed by atoms with Crippen molar-refractivity contribution in [3.05, 3.63) is 58.8 Å². The highest BCUT2D eigenvalue weighted by Gasteiger charge is 2.38. The summed E-state index contributed by atoms with van der Waals surface area (Å²) in [6.07, 6.45) is -4.68. The molecule has 0 saturated heterocycles. The third-order valence-corrected chi connectivity index (χ3v) is 4.17. The van der Waals surface area contributed by atoms with Crippen molar-refractivity contribution in [3.8, 4) is 11.3 Å². The fourth-order valence-electron chi connectivity index (χ4n) is 2.66. The molecule has 0 fully saturated rings. The Kier molecular flexibility index (Phi) is 6.34. The molecule has 0 atom stereocenters. The Labute approximate surface area is 175 Å². The van der Waals surface area contributed by atoms with E-state index in [1.54, 1.807) is 30.3 Å². The molecule has 10 nitrogen and oxygen atoms in total. The maximum atomic E-state index is 12.8. The van der Waals surface area contributed by atoms with Crippen molar-refractivity contribution in [1.29, 1.82) is 0 Å². The Morgan fingerprint density at radius 2 is 1.88 bits per heavy atom. The standard InChI is InChI=1S/C16H13FN6O2.C2HF3O2/c17-7-10(8-18)9-22-16(24)23-14(2-1-3-15(23)19-22)11-4-5-12-13(6-11)21-25-20-12;3-2(4,5)1(6)7/h1-7H,8-9,18H2;(H,6,7)/b10-7+;. The number of nitrogens with zero attached hydrogens (tertiary/aromatic N) is 5. The first-order valence-electron chi connectivity index (χ1n) is 8.75. The van der Waals surface area contributed by atoms with E-state index in [0.29, 0.717) is 28.7 Å². The highest BCUT2D eigenvalue weighted by molar-refractivity contribution is 5.80. The predicted octanol–water partition coefficient (Wildman–Crippen LogP) is 2.14. The van der Waals surface area contributed by atoms with Gasteiger partial charge in [0.15, 0.2) is 5.65 Å². The van der Waals surface area contributed by atoms with E-state index in [1.165, 1.54) is 9.08 Å². The van der Waals surface area contributed by atoms with Crippen molar-refractivity contribution in [1.82, 2.24) is 24.5 Å². The molecule has 14 heteroatoms. The summed E-state index contributed by atoms with van der Waals surface area (Å²) in [7, 11) is 0. The van der Waals surface area contributed by atoms with Gasteiger partial charge in [-0.2, -0.15) is 13.2 Å². The van der Waals surface area contributed by atoms with Crippen LogP contribution < -0.4 is 11.4 Å². The summed E-state index contributed by atoms with van der Waals surface area (Å²) < 4.78 is 51.9. The van der Waals surface area contributed by atoms with E-state index in [9.17, 15) is 22.4 Å². The lowest BCUT2D eigenvalue weighted by Crippen LogP contribution is -2.24. The first kappa shape index (κ1) is 22.6. The van der Waals surface area contributed by atoms with Gasteiger partial charge >= 0.3 is 17.8 Å². The Bertz CT molecular complexity index is 1360. The molecule has 4 rings (SSSR count). The van der Waals surface area contributed by atoms with Gasteiger partial charge in [-0.25, -0.2) is 27.7 Å². The highest BCUT2D eigenvalue weighted by Crippen LogP contribution is 2.22. The number of benzene rings is 1. The summed E-state index contributed by atoms with van der Waals surface area (Å²) in [6.45, 7) is 0.0126. The largest absolute Gasteiger partial charge is 0.490 e. The number of nitrogens with two attached hydrogens (primary N) is 1. The SMILES string of the molecule is NC/C(=C\F)Cn1nc2cccc(-c3ccc4nonc4c3)n2c1=O.O=C(O)C(F)(F)F. The van der Waals surface area contributed by atoms with Crippen LogP contribution in [-0.2, 0) is 11.3 Å². The van der Waals surface area contributed by atoms with Crippen LogP contribution in [0.3, 0.4) is 0 Å². The maximum absolute atomic E-state index is 12.8. The summed E-state index contributed by atoms with van der Waals surface area (Å²) >= 11 is 0. The number of carboxylic acids is 1. The van der Waals surface area contributed by atoms with Crippen molar-refractivity contribution in [3.63, 3.8) is 0 Å². The van der Waals surface area contributed by atoms with Crippen molar-refractivity contribution in [2.75, 3.05) is 6.54 Å². The number of aliphatic carboxylic acids is 1. The fraction of sp³-hybridized carbons (Fsp3) is 0.167. The van der Waals surface area contributed by atoms with E-state index >= 15 is 0 Å². The van der Waals surface area contributed by atoms with Crippen LogP contribution in [0.2, 0.25) is 0 Å². The zero-order valence-corrected chi connectivity index (χ0v) is 16.0. The molecule has 0 saturated carbocycles. The van der Waals surface area contributed by atoms with Gasteiger partial charge in [-0.3, -0.25) is 0 Å². The number of carboxylic acid groups (broad SMARTS) is 1. The molecular formula is C18H14F4N6O4. The van der Waals surface area contributed by atoms with E-state index in [0.717, 1.165) is 5.56 Å². The first-order chi connectivity index (χ1) is 15.2. The second kappa shape index (κ2) is 8.97. The molecule has 0 radical (unpaired) electrons. The summed E-state index contributed by atoms with van der Waals surface area (Å²) in [5.41, 5.74) is 8.42. The number of fused-ring (bicyclic) bond motifs is 2. The van der Waals surface area contributed by atoms with Gasteiger partial charge in [0, 0.05) is 12.1 Å². The van der Waals surface area contributed by atoms with Crippen LogP contribution in [-0.4, -0.2) is 48.3 Å². The molecule has 4 aromatic rings. The van der Waals surface area contributed by atoms with Crippen molar-refractivity contribution < 1.29 is 32.1 Å². The number of hydrogen-bond donors (Lipinski definition) is 2. The molecule has 168 valence electrons. The molecule has 1 aromatic carbocycles. The quantitative estimate of drug-likeness (QED) is 0.447. The minimum Gasteiger partial charge on any atom is -0.475 e. The van der Waals surface area contributed by atoms with Crippen LogP contribution in [0.25, 0.3) is 27.9 Å². The zero-order chi connectivity index (χ0) is 23.5. The number of aromatic nitrogens is 5. The van der Waals surface area contributed by atoms with Gasteiger partial charge in [0.2, 0.25) is 0 Å². The van der Waals surface area contributed by atoms with E-state index in [-0.39, 0.29) is 24.4 Å². The molecule has 0 spiro atoms. The Morgan fingerprint density at radius 3 is 2.50 bits per heavy atom. The van der Waals surface area contributed by atoms with Crippen molar-refractivity contribution >= 4 is 22.6 Å². The maximum Gasteiger partial charge on any atom is 0.490 e. The van der Waals surface area contributed by atoms with Gasteiger partial charge < -0.3 is 10.8 Å². The number of halogens is 4. The lowest BCUT2D eigenvalue weighted by molar-refractivity contribution is -0.192. The average Bonchev–Trinajstić information content (AvgIpc) is 3.35. The van der Waals surface area contributed by atoms with E-state index in [2.05, 4.69) is 15.4 Å². The van der Waals surface area contributed by atoms with Crippen LogP contribution in [0.5, 0.6) is 0 Å². The number of carbonyl (C=O) groups is 1. The van der Waals surface area contributed by atoms with Crippen molar-refractivity contribution in [2.45, 2.75) is 12.7 Å². The summed E-state index contributed by atoms with van der Waals surface area (Å²) in [5.74, 6) is -2.76. The molecule has 0 aliphatic heterocycles. The zero-order valence-electron chi connectivity index (χ0n) is 16.0. The Morgan fingerprint density at radius 1 is 1.19 bits per heavy atom. The van der Waals surface area contributed by atoms with Crippen LogP contribution in [0, 0.1) is 0 Å². The van der Waals surface area contributed by atoms with Crippen LogP contribution >= 0.6 is 0 Å². The van der Waals surface area contributed by atoms with Gasteiger partial charge in [0.25, 0.3) is 0 Å². The molecule has 3 N–H and O–H groups in total. The van der Waals surface area contributed by atoms with Gasteiger partial charge in [-0.1, -0.05) is 12.1 Å². The third kappa shape index (κ3) is 4.64. The molecule has 0 amide bonds. The van der Waals surface area contributed by atoms with Gasteiger partial charge in [0.05, 0.1) is 18.6 Å². The number of pyridine rings is 1. The lowest BCUT2D eigenvalue weighted by Gasteiger charge is -2.03. The average molecular weight is 454 g/mol. The van der Waals surface area contributed by atoms with Crippen LogP contribution in [0.4, 0.5) is 17.6 Å². The predicted molar refractivity (Wildman–Crippen MR) is 102 cm³/mol. The molecule has 0 aliphatic carbocycles. The third-order valence-electron chi connectivity index (χ3n) is 4.17. The number of rotatable bonds is 4. The second-order valence-electron chi connectivity index (χ2n) is 6.29. The van der Waals surface area contributed by atoms with E-state index in [1.807, 2.05) is 6.07 Å². The minimum atomic E-state index is -5.08.